The van der Waals surface area contributed by atoms with E-state index in [1.165, 1.54) is 9.25 Å². The zero-order valence-electron chi connectivity index (χ0n) is 9.10. The van der Waals surface area contributed by atoms with E-state index in [1.807, 2.05) is 0 Å². The van der Waals surface area contributed by atoms with Gasteiger partial charge in [-0.25, -0.2) is 9.48 Å². The van der Waals surface area contributed by atoms with E-state index < -0.39 is 0 Å². The second-order valence-corrected chi connectivity index (χ2v) is 3.27. The van der Waals surface area contributed by atoms with Crippen molar-refractivity contribution < 1.29 is 0 Å². The number of nitrogens with zero attached hydrogens (tertiary/aromatic N) is 4. The van der Waals surface area contributed by atoms with Gasteiger partial charge in [-0.2, -0.15) is 5.10 Å². The maximum atomic E-state index is 11.4. The Hall–Kier alpha value is -1.10. The number of hydrogen-bond acceptors (Lipinski definition) is 3. The lowest BCUT2D eigenvalue weighted by molar-refractivity contribution is 0.283. The van der Waals surface area contributed by atoms with Crippen LogP contribution in [0.15, 0.2) is 11.1 Å². The van der Waals surface area contributed by atoms with Crippen molar-refractivity contribution in [3.8, 4) is 0 Å². The lowest BCUT2D eigenvalue weighted by Gasteiger charge is -2.16. The smallest absolute Gasteiger partial charge is 0.302 e. The van der Waals surface area contributed by atoms with E-state index in [-0.39, 0.29) is 5.69 Å². The van der Waals surface area contributed by atoms with Crippen molar-refractivity contribution in [3.63, 3.8) is 0 Å². The van der Waals surface area contributed by atoms with Gasteiger partial charge in [-0.05, 0) is 13.1 Å². The van der Waals surface area contributed by atoms with Crippen LogP contribution in [0.4, 0.5) is 0 Å². The first-order valence-electron chi connectivity index (χ1n) is 4.99. The van der Waals surface area contributed by atoms with Crippen LogP contribution >= 0.6 is 0 Å². The number of aryl methyl sites for hydroxylation is 1. The van der Waals surface area contributed by atoms with Gasteiger partial charge in [0.15, 0.2) is 0 Å². The molecule has 0 bridgehead atoms. The van der Waals surface area contributed by atoms with Gasteiger partial charge in [-0.15, -0.1) is 0 Å². The number of hydrogen-bond donors (Lipinski definition) is 0. The molecule has 0 aromatic carbocycles. The van der Waals surface area contributed by atoms with Crippen LogP contribution < -0.4 is 5.69 Å². The van der Waals surface area contributed by atoms with E-state index in [0.717, 1.165) is 19.6 Å². The minimum absolute atomic E-state index is 0.0443. The molecule has 5 nitrogen and oxygen atoms in total. The highest BCUT2D eigenvalue weighted by atomic mass is 16.2. The standard InChI is InChI=1S/C9H18N4O/c1-4-12(5-2)6-7-13-9(14)11(3)8-10-13/h8H,4-7H2,1-3H3. The third-order valence-corrected chi connectivity index (χ3v) is 2.41. The monoisotopic (exact) mass is 198 g/mol. The molecule has 0 saturated carbocycles. The van der Waals surface area contributed by atoms with E-state index >= 15 is 0 Å². The van der Waals surface area contributed by atoms with Crippen molar-refractivity contribution in [1.82, 2.24) is 19.2 Å². The predicted molar refractivity (Wildman–Crippen MR) is 55.3 cm³/mol. The average molecular weight is 198 g/mol. The van der Waals surface area contributed by atoms with Crippen molar-refractivity contribution in [2.24, 2.45) is 7.05 Å². The molecule has 80 valence electrons. The molecule has 0 N–H and O–H groups in total. The third kappa shape index (κ3) is 2.45. The van der Waals surface area contributed by atoms with E-state index in [1.54, 1.807) is 13.4 Å². The zero-order valence-corrected chi connectivity index (χ0v) is 9.10. The molecule has 0 aliphatic rings. The fourth-order valence-electron chi connectivity index (χ4n) is 1.35. The van der Waals surface area contributed by atoms with Gasteiger partial charge in [0.05, 0.1) is 6.54 Å². The van der Waals surface area contributed by atoms with Crippen LogP contribution in [-0.4, -0.2) is 38.9 Å². The summed E-state index contributed by atoms with van der Waals surface area (Å²) in [6, 6.07) is 0. The summed E-state index contributed by atoms with van der Waals surface area (Å²) in [6.45, 7) is 7.80. The summed E-state index contributed by atoms with van der Waals surface area (Å²) >= 11 is 0. The molecular weight excluding hydrogens is 180 g/mol. The van der Waals surface area contributed by atoms with Crippen molar-refractivity contribution in [2.45, 2.75) is 20.4 Å². The Morgan fingerprint density at radius 1 is 1.43 bits per heavy atom. The highest BCUT2D eigenvalue weighted by Crippen LogP contribution is 1.87. The van der Waals surface area contributed by atoms with Crippen LogP contribution in [0.1, 0.15) is 13.8 Å². The van der Waals surface area contributed by atoms with Crippen molar-refractivity contribution in [3.05, 3.63) is 16.8 Å². The number of likely N-dealkylation sites (N-methyl/N-ethyl adjacent to an activating group) is 1. The van der Waals surface area contributed by atoms with Gasteiger partial charge in [-0.3, -0.25) is 4.57 Å². The minimum atomic E-state index is -0.0443. The molecule has 1 heterocycles. The quantitative estimate of drug-likeness (QED) is 0.665. The van der Waals surface area contributed by atoms with E-state index in [2.05, 4.69) is 23.8 Å². The first-order valence-corrected chi connectivity index (χ1v) is 4.99. The Bertz CT molecular complexity index is 324. The van der Waals surface area contributed by atoms with Gasteiger partial charge < -0.3 is 4.90 Å². The summed E-state index contributed by atoms with van der Waals surface area (Å²) in [6.07, 6.45) is 1.55. The highest BCUT2D eigenvalue weighted by Gasteiger charge is 2.03. The van der Waals surface area contributed by atoms with Gasteiger partial charge in [0.25, 0.3) is 0 Å². The molecule has 1 rings (SSSR count). The second kappa shape index (κ2) is 4.95. The third-order valence-electron chi connectivity index (χ3n) is 2.41. The SMILES string of the molecule is CCN(CC)CCn1ncn(C)c1=O. The van der Waals surface area contributed by atoms with Gasteiger partial charge in [-0.1, -0.05) is 13.8 Å². The summed E-state index contributed by atoms with van der Waals surface area (Å²) in [4.78, 5) is 13.7. The summed E-state index contributed by atoms with van der Waals surface area (Å²) in [7, 11) is 1.71. The largest absolute Gasteiger partial charge is 0.345 e. The molecule has 0 radical (unpaired) electrons. The lowest BCUT2D eigenvalue weighted by atomic mass is 10.5. The highest BCUT2D eigenvalue weighted by molar-refractivity contribution is 4.66. The average Bonchev–Trinajstić information content (AvgIpc) is 2.51. The predicted octanol–water partition coefficient (Wildman–Crippen LogP) is -0.0764. The Balaban J connectivity index is 2.53. The molecule has 0 atom stereocenters. The van der Waals surface area contributed by atoms with Crippen LogP contribution in [0.5, 0.6) is 0 Å². The Morgan fingerprint density at radius 2 is 2.07 bits per heavy atom. The van der Waals surface area contributed by atoms with E-state index in [4.69, 9.17) is 0 Å². The normalized spacial score (nSPS) is 11.1. The van der Waals surface area contributed by atoms with Crippen LogP contribution in [0, 0.1) is 0 Å². The van der Waals surface area contributed by atoms with Gasteiger partial charge in [0, 0.05) is 13.6 Å². The lowest BCUT2D eigenvalue weighted by Crippen LogP contribution is -2.31. The Kier molecular flexibility index (Phi) is 3.88. The molecule has 5 heteroatoms. The molecule has 0 spiro atoms. The molecule has 14 heavy (non-hydrogen) atoms. The molecule has 1 aromatic heterocycles. The van der Waals surface area contributed by atoms with E-state index in [9.17, 15) is 4.79 Å². The Labute approximate surface area is 83.9 Å². The van der Waals surface area contributed by atoms with Crippen LogP contribution in [0.25, 0.3) is 0 Å². The minimum Gasteiger partial charge on any atom is -0.302 e. The summed E-state index contributed by atoms with van der Waals surface area (Å²) < 4.78 is 2.99. The topological polar surface area (TPSA) is 43.1 Å². The maximum absolute atomic E-state index is 11.4. The second-order valence-electron chi connectivity index (χ2n) is 3.27. The Morgan fingerprint density at radius 3 is 2.50 bits per heavy atom. The fraction of sp³-hybridized carbons (Fsp3) is 0.778. The van der Waals surface area contributed by atoms with Crippen molar-refractivity contribution >= 4 is 0 Å². The van der Waals surface area contributed by atoms with Crippen LogP contribution in [-0.2, 0) is 13.6 Å². The van der Waals surface area contributed by atoms with Crippen LogP contribution in [0.3, 0.4) is 0 Å². The first kappa shape index (κ1) is 11.0. The molecule has 0 aliphatic carbocycles. The molecule has 0 saturated heterocycles. The van der Waals surface area contributed by atoms with Gasteiger partial charge in [0.1, 0.15) is 6.33 Å². The molecule has 0 fully saturated rings. The molecule has 1 aromatic rings. The van der Waals surface area contributed by atoms with Gasteiger partial charge >= 0.3 is 5.69 Å². The molecule has 0 unspecified atom stereocenters. The maximum Gasteiger partial charge on any atom is 0.345 e. The van der Waals surface area contributed by atoms with Crippen molar-refractivity contribution in [2.75, 3.05) is 19.6 Å². The zero-order chi connectivity index (χ0) is 10.6. The first-order chi connectivity index (χ1) is 6.69. The molecule has 0 aliphatic heterocycles. The summed E-state index contributed by atoms with van der Waals surface area (Å²) in [5.41, 5.74) is -0.0443. The van der Waals surface area contributed by atoms with Crippen LogP contribution in [0.2, 0.25) is 0 Å². The fourth-order valence-corrected chi connectivity index (χ4v) is 1.35. The number of rotatable bonds is 5. The van der Waals surface area contributed by atoms with Crippen molar-refractivity contribution in [1.29, 1.82) is 0 Å². The van der Waals surface area contributed by atoms with E-state index in [0.29, 0.717) is 6.54 Å². The van der Waals surface area contributed by atoms with Gasteiger partial charge in [0.2, 0.25) is 0 Å². The molecular formula is C9H18N4O. The number of aromatic nitrogens is 3. The molecule has 0 amide bonds. The summed E-state index contributed by atoms with van der Waals surface area (Å²) in [5, 5.41) is 4.00. The summed E-state index contributed by atoms with van der Waals surface area (Å²) in [5.74, 6) is 0.